The molecule has 18 heavy (non-hydrogen) atoms. The zero-order valence-corrected chi connectivity index (χ0v) is 9.64. The first kappa shape index (κ1) is 10.7. The van der Waals surface area contributed by atoms with Gasteiger partial charge in [-0.15, -0.1) is 0 Å². The summed E-state index contributed by atoms with van der Waals surface area (Å²) in [5.41, 5.74) is 2.84. The zero-order valence-electron chi connectivity index (χ0n) is 9.64. The molecule has 0 radical (unpaired) electrons. The average molecular weight is 240 g/mol. The number of hydrogen-bond donors (Lipinski definition) is 2. The molecule has 0 unspecified atom stereocenters. The molecular formula is C14H12N2O2. The maximum Gasteiger partial charge on any atom is 0.207 e. The second kappa shape index (κ2) is 4.41. The first-order valence-electron chi connectivity index (χ1n) is 5.71. The lowest BCUT2D eigenvalue weighted by Crippen LogP contribution is -2.13. The van der Waals surface area contributed by atoms with Crippen molar-refractivity contribution in [3.05, 3.63) is 48.0 Å². The summed E-state index contributed by atoms with van der Waals surface area (Å²) in [5.74, 6) is 1.59. The second-order valence-corrected chi connectivity index (χ2v) is 4.01. The molecule has 0 saturated heterocycles. The maximum atomic E-state index is 10.4. The highest BCUT2D eigenvalue weighted by atomic mass is 16.5. The standard InChI is InChI=1S/C14H12N2O2/c17-9-15-8-10-4-3-7-13-14(10)16-11-5-1-2-6-12(11)18-13/h1-7,9,16H,8H2,(H,15,17). The summed E-state index contributed by atoms with van der Waals surface area (Å²) in [5, 5.41) is 6.00. The van der Waals surface area contributed by atoms with Gasteiger partial charge in [0.1, 0.15) is 0 Å². The van der Waals surface area contributed by atoms with Crippen molar-refractivity contribution in [3.63, 3.8) is 0 Å². The summed E-state index contributed by atoms with van der Waals surface area (Å²) < 4.78 is 5.82. The van der Waals surface area contributed by atoms with Gasteiger partial charge in [0.05, 0.1) is 11.4 Å². The largest absolute Gasteiger partial charge is 0.453 e. The highest BCUT2D eigenvalue weighted by Gasteiger charge is 2.18. The molecule has 90 valence electrons. The first-order chi connectivity index (χ1) is 8.88. The predicted molar refractivity (Wildman–Crippen MR) is 69.1 cm³/mol. The van der Waals surface area contributed by atoms with Crippen molar-refractivity contribution >= 4 is 17.8 Å². The van der Waals surface area contributed by atoms with E-state index in [0.29, 0.717) is 13.0 Å². The molecule has 0 fully saturated rings. The molecule has 0 bridgehead atoms. The number of amides is 1. The fourth-order valence-corrected chi connectivity index (χ4v) is 2.01. The van der Waals surface area contributed by atoms with Gasteiger partial charge in [0, 0.05) is 6.54 Å². The third kappa shape index (κ3) is 1.78. The van der Waals surface area contributed by atoms with Gasteiger partial charge in [-0.05, 0) is 23.8 Å². The second-order valence-electron chi connectivity index (χ2n) is 4.01. The Bertz CT molecular complexity index is 596. The van der Waals surface area contributed by atoms with E-state index in [2.05, 4.69) is 10.6 Å². The number of nitrogens with one attached hydrogen (secondary N) is 2. The Morgan fingerprint density at radius 3 is 2.83 bits per heavy atom. The summed E-state index contributed by atoms with van der Waals surface area (Å²) in [7, 11) is 0. The summed E-state index contributed by atoms with van der Waals surface area (Å²) in [6.07, 6.45) is 0.691. The number of para-hydroxylation sites is 3. The van der Waals surface area contributed by atoms with Crippen molar-refractivity contribution in [3.8, 4) is 11.5 Å². The number of rotatable bonds is 3. The van der Waals surface area contributed by atoms with E-state index in [1.54, 1.807) is 0 Å². The van der Waals surface area contributed by atoms with E-state index in [1.807, 2.05) is 42.5 Å². The van der Waals surface area contributed by atoms with Gasteiger partial charge in [-0.3, -0.25) is 4.79 Å². The van der Waals surface area contributed by atoms with Crippen molar-refractivity contribution in [1.29, 1.82) is 0 Å². The molecule has 4 heteroatoms. The molecule has 0 aliphatic carbocycles. The quantitative estimate of drug-likeness (QED) is 0.692. The molecule has 1 amide bonds. The molecule has 3 rings (SSSR count). The van der Waals surface area contributed by atoms with Crippen LogP contribution in [0, 0.1) is 0 Å². The summed E-state index contributed by atoms with van der Waals surface area (Å²) in [6, 6.07) is 13.5. The molecule has 0 atom stereocenters. The van der Waals surface area contributed by atoms with E-state index in [-0.39, 0.29) is 0 Å². The third-order valence-corrected chi connectivity index (χ3v) is 2.86. The topological polar surface area (TPSA) is 50.4 Å². The van der Waals surface area contributed by atoms with Crippen LogP contribution in [0.1, 0.15) is 5.56 Å². The Morgan fingerprint density at radius 1 is 1.11 bits per heavy atom. The number of fused-ring (bicyclic) bond motifs is 2. The highest BCUT2D eigenvalue weighted by Crippen LogP contribution is 2.43. The number of anilines is 2. The minimum absolute atomic E-state index is 0.477. The summed E-state index contributed by atoms with van der Waals surface area (Å²) in [6.45, 7) is 0.477. The summed E-state index contributed by atoms with van der Waals surface area (Å²) >= 11 is 0. The van der Waals surface area contributed by atoms with Crippen molar-refractivity contribution in [1.82, 2.24) is 5.32 Å². The van der Waals surface area contributed by atoms with Crippen LogP contribution in [0.15, 0.2) is 42.5 Å². The Balaban J connectivity index is 1.99. The molecular weight excluding hydrogens is 228 g/mol. The van der Waals surface area contributed by atoms with Crippen LogP contribution in [0.25, 0.3) is 0 Å². The summed E-state index contributed by atoms with van der Waals surface area (Å²) in [4.78, 5) is 10.4. The Morgan fingerprint density at radius 2 is 1.94 bits per heavy atom. The zero-order chi connectivity index (χ0) is 12.4. The van der Waals surface area contributed by atoms with Crippen LogP contribution >= 0.6 is 0 Å². The van der Waals surface area contributed by atoms with Gasteiger partial charge in [0.25, 0.3) is 0 Å². The van der Waals surface area contributed by atoms with Crippen LogP contribution in [0.4, 0.5) is 11.4 Å². The lowest BCUT2D eigenvalue weighted by Gasteiger charge is -2.23. The molecule has 0 aromatic heterocycles. The van der Waals surface area contributed by atoms with E-state index in [4.69, 9.17) is 4.74 Å². The average Bonchev–Trinajstić information content (AvgIpc) is 2.43. The van der Waals surface area contributed by atoms with E-state index in [0.717, 1.165) is 28.4 Å². The Hall–Kier alpha value is -2.49. The van der Waals surface area contributed by atoms with Crippen LogP contribution in [0.5, 0.6) is 11.5 Å². The van der Waals surface area contributed by atoms with Crippen molar-refractivity contribution < 1.29 is 9.53 Å². The van der Waals surface area contributed by atoms with Gasteiger partial charge >= 0.3 is 0 Å². The lowest BCUT2D eigenvalue weighted by molar-refractivity contribution is -0.109. The molecule has 0 spiro atoms. The van der Waals surface area contributed by atoms with Gasteiger partial charge in [0.2, 0.25) is 6.41 Å². The van der Waals surface area contributed by atoms with Crippen LogP contribution in [0.3, 0.4) is 0 Å². The molecule has 2 aromatic rings. The van der Waals surface area contributed by atoms with E-state index in [9.17, 15) is 4.79 Å². The smallest absolute Gasteiger partial charge is 0.207 e. The van der Waals surface area contributed by atoms with Crippen LogP contribution in [-0.4, -0.2) is 6.41 Å². The minimum Gasteiger partial charge on any atom is -0.453 e. The molecule has 0 saturated carbocycles. The fraction of sp³-hybridized carbons (Fsp3) is 0.0714. The van der Waals surface area contributed by atoms with Crippen molar-refractivity contribution in [2.75, 3.05) is 5.32 Å². The van der Waals surface area contributed by atoms with Gasteiger partial charge in [-0.25, -0.2) is 0 Å². The van der Waals surface area contributed by atoms with Gasteiger partial charge < -0.3 is 15.4 Å². The number of hydrogen-bond acceptors (Lipinski definition) is 3. The minimum atomic E-state index is 0.477. The maximum absolute atomic E-state index is 10.4. The number of benzene rings is 2. The van der Waals surface area contributed by atoms with Gasteiger partial charge in [-0.2, -0.15) is 0 Å². The molecule has 1 heterocycles. The molecule has 1 aliphatic heterocycles. The normalized spacial score (nSPS) is 11.6. The molecule has 1 aliphatic rings. The Labute approximate surface area is 105 Å². The van der Waals surface area contributed by atoms with Gasteiger partial charge in [0.15, 0.2) is 11.5 Å². The van der Waals surface area contributed by atoms with Crippen molar-refractivity contribution in [2.24, 2.45) is 0 Å². The number of carbonyl (C=O) groups is 1. The van der Waals surface area contributed by atoms with Crippen molar-refractivity contribution in [2.45, 2.75) is 6.54 Å². The Kier molecular flexibility index (Phi) is 2.61. The van der Waals surface area contributed by atoms with Crippen LogP contribution in [0.2, 0.25) is 0 Å². The van der Waals surface area contributed by atoms with E-state index < -0.39 is 0 Å². The number of carbonyl (C=O) groups excluding carboxylic acids is 1. The van der Waals surface area contributed by atoms with Crippen LogP contribution < -0.4 is 15.4 Å². The SMILES string of the molecule is O=CNCc1cccc2c1Nc1ccccc1O2. The van der Waals surface area contributed by atoms with Crippen LogP contribution in [-0.2, 0) is 11.3 Å². The highest BCUT2D eigenvalue weighted by molar-refractivity contribution is 5.77. The fourth-order valence-electron chi connectivity index (χ4n) is 2.01. The lowest BCUT2D eigenvalue weighted by atomic mass is 10.1. The van der Waals surface area contributed by atoms with E-state index >= 15 is 0 Å². The molecule has 4 nitrogen and oxygen atoms in total. The third-order valence-electron chi connectivity index (χ3n) is 2.86. The first-order valence-corrected chi connectivity index (χ1v) is 5.71. The number of ether oxygens (including phenoxy) is 1. The van der Waals surface area contributed by atoms with E-state index in [1.165, 1.54) is 0 Å². The monoisotopic (exact) mass is 240 g/mol. The van der Waals surface area contributed by atoms with Gasteiger partial charge in [-0.1, -0.05) is 24.3 Å². The predicted octanol–water partition coefficient (Wildman–Crippen LogP) is 2.78. The molecule has 2 N–H and O–H groups in total. The molecule has 2 aromatic carbocycles.